The molecule has 1 aliphatic rings. The number of benzene rings is 1. The van der Waals surface area contributed by atoms with E-state index in [0.717, 1.165) is 6.26 Å². The first-order chi connectivity index (χ1) is 15.2. The number of hydrogen-bond donors (Lipinski definition) is 1. The van der Waals surface area contributed by atoms with Crippen molar-refractivity contribution in [2.24, 2.45) is 0 Å². The van der Waals surface area contributed by atoms with Crippen LogP contribution in [0.15, 0.2) is 34.9 Å². The first kappa shape index (κ1) is 25.1. The number of halogens is 1. The fraction of sp³-hybridized carbons (Fsp3) is 0.545. The average Bonchev–Trinajstić information content (AvgIpc) is 3.26. The zero-order valence-corrected chi connectivity index (χ0v) is 20.4. The molecule has 1 aliphatic heterocycles. The molecule has 0 bridgehead atoms. The van der Waals surface area contributed by atoms with Crippen molar-refractivity contribution in [3.63, 3.8) is 0 Å². The molecule has 0 saturated carbocycles. The second kappa shape index (κ2) is 9.03. The van der Waals surface area contributed by atoms with Crippen LogP contribution in [0.2, 0.25) is 0 Å². The highest BCUT2D eigenvalue weighted by molar-refractivity contribution is 7.88. The molecule has 1 saturated heterocycles. The lowest BCUT2D eigenvalue weighted by Gasteiger charge is -2.34. The minimum absolute atomic E-state index is 0.0180. The van der Waals surface area contributed by atoms with Crippen molar-refractivity contribution in [3.8, 4) is 11.3 Å². The fourth-order valence-corrected chi connectivity index (χ4v) is 4.07. The molecule has 182 valence electrons. The summed E-state index contributed by atoms with van der Waals surface area (Å²) in [5.41, 5.74) is 0.0508. The lowest BCUT2D eigenvalue weighted by atomic mass is 10.0. The highest BCUT2D eigenvalue weighted by Crippen LogP contribution is 2.42. The minimum atomic E-state index is -3.34. The Hall–Kier alpha value is -2.50. The third-order valence-electron chi connectivity index (χ3n) is 5.02. The summed E-state index contributed by atoms with van der Waals surface area (Å²) in [4.78, 5) is 14.1. The monoisotopic (exact) mass is 483 g/mol. The molecule has 1 aromatic heterocycles. The maximum absolute atomic E-state index is 14.1. The van der Waals surface area contributed by atoms with Gasteiger partial charge >= 0.3 is 6.09 Å². The van der Waals surface area contributed by atoms with Gasteiger partial charge in [-0.2, -0.15) is 0 Å². The standard InChI is InChI=1S/C22H30FN3O6S/c1-21(2,3)31-20(27)26-17(12-23)19(30-22(26,4)5)15-9-7-14(8-10-15)18-11-16(25-32-18)13-24-33(6,28)29/h7-11,17,19,24H,12-13H2,1-6H3/t17?,19-/m1/s1. The zero-order valence-electron chi connectivity index (χ0n) is 19.6. The molecule has 9 nitrogen and oxygen atoms in total. The Bertz CT molecular complexity index is 1090. The van der Waals surface area contributed by atoms with E-state index in [1.54, 1.807) is 65.0 Å². The largest absolute Gasteiger partial charge is 0.444 e. The number of nitrogens with zero attached hydrogens (tertiary/aromatic N) is 2. The van der Waals surface area contributed by atoms with E-state index in [0.29, 0.717) is 22.6 Å². The molecule has 1 N–H and O–H groups in total. The molecular weight excluding hydrogens is 453 g/mol. The molecule has 2 atom stereocenters. The normalized spacial score (nSPS) is 20.8. The van der Waals surface area contributed by atoms with Crippen LogP contribution < -0.4 is 4.72 Å². The van der Waals surface area contributed by atoms with Crippen molar-refractivity contribution in [2.75, 3.05) is 12.9 Å². The van der Waals surface area contributed by atoms with Crippen LogP contribution >= 0.6 is 0 Å². The number of ether oxygens (including phenoxy) is 2. The SMILES string of the molecule is CC(C)(C)OC(=O)N1C(CF)[C@@H](c2ccc(-c3cc(CNS(C)(=O)=O)no3)cc2)OC1(C)C. The maximum Gasteiger partial charge on any atom is 0.413 e. The Morgan fingerprint density at radius 3 is 2.45 bits per heavy atom. The number of alkyl halides is 1. The Morgan fingerprint density at radius 1 is 1.27 bits per heavy atom. The summed E-state index contributed by atoms with van der Waals surface area (Å²) >= 11 is 0. The van der Waals surface area contributed by atoms with Crippen LogP contribution in [0.4, 0.5) is 9.18 Å². The Labute approximate surface area is 193 Å². The van der Waals surface area contributed by atoms with Gasteiger partial charge in [-0.3, -0.25) is 4.90 Å². The van der Waals surface area contributed by atoms with Crippen molar-refractivity contribution in [1.29, 1.82) is 0 Å². The van der Waals surface area contributed by atoms with Gasteiger partial charge in [0.2, 0.25) is 10.0 Å². The summed E-state index contributed by atoms with van der Waals surface area (Å²) in [5.74, 6) is 0.456. The van der Waals surface area contributed by atoms with Gasteiger partial charge in [-0.1, -0.05) is 29.4 Å². The third kappa shape index (κ3) is 6.10. The Kier molecular flexibility index (Phi) is 6.88. The van der Waals surface area contributed by atoms with Crippen LogP contribution in [0, 0.1) is 0 Å². The first-order valence-corrected chi connectivity index (χ1v) is 12.4. The molecule has 11 heteroatoms. The van der Waals surface area contributed by atoms with Gasteiger partial charge in [-0.05, 0) is 40.2 Å². The molecule has 1 fully saturated rings. The van der Waals surface area contributed by atoms with E-state index in [1.165, 1.54) is 4.90 Å². The van der Waals surface area contributed by atoms with Gasteiger partial charge in [0.25, 0.3) is 0 Å². The van der Waals surface area contributed by atoms with Crippen LogP contribution in [-0.2, 0) is 26.0 Å². The van der Waals surface area contributed by atoms with Gasteiger partial charge in [0, 0.05) is 11.6 Å². The number of sulfonamides is 1. The highest BCUT2D eigenvalue weighted by atomic mass is 32.2. The summed E-state index contributed by atoms with van der Waals surface area (Å²) in [6.45, 7) is 7.88. The first-order valence-electron chi connectivity index (χ1n) is 10.5. The number of hydrogen-bond acceptors (Lipinski definition) is 7. The number of amides is 1. The maximum atomic E-state index is 14.1. The summed E-state index contributed by atoms with van der Waals surface area (Å²) in [6.07, 6.45) is -0.254. The van der Waals surface area contributed by atoms with Gasteiger partial charge in [-0.25, -0.2) is 22.3 Å². The molecule has 1 amide bonds. The van der Waals surface area contributed by atoms with E-state index < -0.39 is 46.3 Å². The van der Waals surface area contributed by atoms with Crippen molar-refractivity contribution in [1.82, 2.24) is 14.8 Å². The van der Waals surface area contributed by atoms with Crippen molar-refractivity contribution < 1.29 is 31.6 Å². The molecular formula is C22H30FN3O6S. The number of nitrogens with one attached hydrogen (secondary N) is 1. The van der Waals surface area contributed by atoms with Crippen molar-refractivity contribution in [2.45, 2.75) is 64.6 Å². The quantitative estimate of drug-likeness (QED) is 0.666. The lowest BCUT2D eigenvalue weighted by Crippen LogP contribution is -2.50. The molecule has 0 spiro atoms. The summed E-state index contributed by atoms with van der Waals surface area (Å²) in [6, 6.07) is 7.87. The van der Waals surface area contributed by atoms with Gasteiger partial charge in [0.05, 0.1) is 24.5 Å². The van der Waals surface area contributed by atoms with E-state index in [-0.39, 0.29) is 6.54 Å². The fourth-order valence-electron chi connectivity index (χ4n) is 3.66. The molecule has 2 heterocycles. The molecule has 0 radical (unpaired) electrons. The molecule has 3 rings (SSSR count). The van der Waals surface area contributed by atoms with Crippen molar-refractivity contribution >= 4 is 16.1 Å². The van der Waals surface area contributed by atoms with Gasteiger partial charge in [0.1, 0.15) is 24.1 Å². The molecule has 0 aliphatic carbocycles. The molecule has 1 aromatic carbocycles. The Morgan fingerprint density at radius 2 is 1.91 bits per heavy atom. The van der Waals surface area contributed by atoms with E-state index in [9.17, 15) is 17.6 Å². The summed E-state index contributed by atoms with van der Waals surface area (Å²) < 4.78 is 55.8. The second-order valence-electron chi connectivity index (χ2n) is 9.45. The average molecular weight is 484 g/mol. The van der Waals surface area contributed by atoms with Crippen molar-refractivity contribution in [3.05, 3.63) is 41.6 Å². The van der Waals surface area contributed by atoms with E-state index in [1.807, 2.05) is 0 Å². The zero-order chi connectivity index (χ0) is 24.6. The third-order valence-corrected chi connectivity index (χ3v) is 5.69. The predicted octanol–water partition coefficient (Wildman–Crippen LogP) is 3.77. The van der Waals surface area contributed by atoms with Crippen LogP contribution in [0.25, 0.3) is 11.3 Å². The highest BCUT2D eigenvalue weighted by Gasteiger charge is 2.51. The summed E-state index contributed by atoms with van der Waals surface area (Å²) in [5, 5.41) is 3.86. The second-order valence-corrected chi connectivity index (χ2v) is 11.3. The number of aromatic nitrogens is 1. The molecule has 2 aromatic rings. The number of rotatable bonds is 6. The topological polar surface area (TPSA) is 111 Å². The Balaban J connectivity index is 1.79. The van der Waals surface area contributed by atoms with Gasteiger partial charge in [-0.15, -0.1) is 0 Å². The van der Waals surface area contributed by atoms with Crippen LogP contribution in [-0.4, -0.2) is 54.9 Å². The van der Waals surface area contributed by atoms with Gasteiger partial charge < -0.3 is 14.0 Å². The molecule has 1 unspecified atom stereocenters. The van der Waals surface area contributed by atoms with Crippen LogP contribution in [0.1, 0.15) is 52.0 Å². The molecule has 33 heavy (non-hydrogen) atoms. The summed E-state index contributed by atoms with van der Waals surface area (Å²) in [7, 11) is -3.34. The smallest absolute Gasteiger partial charge is 0.413 e. The predicted molar refractivity (Wildman–Crippen MR) is 119 cm³/mol. The lowest BCUT2D eigenvalue weighted by molar-refractivity contribution is -0.0797. The van der Waals surface area contributed by atoms with E-state index >= 15 is 0 Å². The van der Waals surface area contributed by atoms with Crippen LogP contribution in [0.3, 0.4) is 0 Å². The van der Waals surface area contributed by atoms with E-state index in [4.69, 9.17) is 14.0 Å². The minimum Gasteiger partial charge on any atom is -0.444 e. The van der Waals surface area contributed by atoms with Crippen LogP contribution in [0.5, 0.6) is 0 Å². The van der Waals surface area contributed by atoms with E-state index in [2.05, 4.69) is 9.88 Å². The number of carbonyl (C=O) groups excluding carboxylic acids is 1. The number of carbonyl (C=O) groups is 1. The van der Waals surface area contributed by atoms with Gasteiger partial charge in [0.15, 0.2) is 5.76 Å².